The predicted molar refractivity (Wildman–Crippen MR) is 463 cm³/mol. The number of phosphoric ester groups is 2. The number of allylic oxidation sites excluding steroid dienone is 34. The fraction of sp³-hybridized carbons (Fsp3) is 0.591. The minimum atomic E-state index is -5.03. The smallest absolute Gasteiger partial charge is 0.462 e. The van der Waals surface area contributed by atoms with Crippen molar-refractivity contribution in [3.8, 4) is 0 Å². The lowest BCUT2D eigenvalue weighted by Crippen LogP contribution is -2.30. The van der Waals surface area contributed by atoms with Gasteiger partial charge in [-0.15, -0.1) is 0 Å². The highest BCUT2D eigenvalue weighted by Gasteiger charge is 2.30. The van der Waals surface area contributed by atoms with E-state index in [9.17, 15) is 43.2 Å². The summed E-state index contributed by atoms with van der Waals surface area (Å²) in [6.07, 6.45) is 104. The molecule has 0 rings (SSSR count). The summed E-state index contributed by atoms with van der Waals surface area (Å²) in [6.45, 7) is 4.38. The second-order valence-corrected chi connectivity index (χ2v) is 30.2. The molecule has 0 aromatic carbocycles. The van der Waals surface area contributed by atoms with Crippen molar-refractivity contribution in [2.75, 3.05) is 39.6 Å². The molecule has 0 fully saturated rings. The van der Waals surface area contributed by atoms with Crippen molar-refractivity contribution in [3.05, 3.63) is 207 Å². The van der Waals surface area contributed by atoms with Crippen LogP contribution in [0.1, 0.15) is 297 Å². The van der Waals surface area contributed by atoms with Gasteiger partial charge < -0.3 is 33.8 Å². The van der Waals surface area contributed by atoms with Gasteiger partial charge in [-0.2, -0.15) is 0 Å². The van der Waals surface area contributed by atoms with Crippen LogP contribution in [-0.4, -0.2) is 96.7 Å². The van der Waals surface area contributed by atoms with Gasteiger partial charge in [-0.05, 0) is 173 Å². The van der Waals surface area contributed by atoms with E-state index in [2.05, 4.69) is 198 Å². The zero-order valence-corrected chi connectivity index (χ0v) is 71.0. The Hall–Kier alpha value is -6.36. The number of carbonyl (C=O) groups excluding carboxylic acids is 4. The maximum Gasteiger partial charge on any atom is 0.472 e. The second kappa shape index (κ2) is 82.6. The maximum absolute atomic E-state index is 13.1. The molecular formula is C93H148O17P2. The number of aliphatic hydroxyl groups is 1. The first-order chi connectivity index (χ1) is 54.7. The van der Waals surface area contributed by atoms with Gasteiger partial charge in [0, 0.05) is 25.7 Å². The van der Waals surface area contributed by atoms with Crippen LogP contribution in [0.4, 0.5) is 0 Å². The van der Waals surface area contributed by atoms with E-state index < -0.39 is 97.5 Å². The molecule has 632 valence electrons. The van der Waals surface area contributed by atoms with E-state index in [0.29, 0.717) is 38.5 Å². The SMILES string of the molecule is CC/C=C\C/C=C\C/C=C\C/C=C\C/C=C\C/C=C\CCC(=O)OC[C@H](COP(=O)(O)OC[C@@H](O)COP(=O)(O)OC[C@@H](COC(=O)CCCCC/C=C\C/C=C\C/C=C\C/C=C\C/C=C\CC)OC(=O)CC/C=C\C/C=C\C/C=C\C/C=C\C/C=C\CCCCC)OC(=O)CCCCCCC/C=C\CCCCCCCC. The van der Waals surface area contributed by atoms with Gasteiger partial charge in [0.1, 0.15) is 19.3 Å². The monoisotopic (exact) mass is 1600 g/mol. The summed E-state index contributed by atoms with van der Waals surface area (Å²) in [5.74, 6) is -2.44. The molecule has 0 radical (unpaired) electrons. The van der Waals surface area contributed by atoms with E-state index >= 15 is 0 Å². The van der Waals surface area contributed by atoms with E-state index in [1.165, 1.54) is 57.8 Å². The van der Waals surface area contributed by atoms with Gasteiger partial charge in [-0.25, -0.2) is 9.13 Å². The lowest BCUT2D eigenvalue weighted by molar-refractivity contribution is -0.161. The molecule has 0 saturated carbocycles. The number of unbranched alkanes of at least 4 members (excludes halogenated alkanes) is 17. The summed E-state index contributed by atoms with van der Waals surface area (Å²) in [5, 5.41) is 10.7. The zero-order chi connectivity index (χ0) is 81.7. The Bertz CT molecular complexity index is 2940. The number of aliphatic hydroxyl groups excluding tert-OH is 1. The van der Waals surface area contributed by atoms with Crippen LogP contribution < -0.4 is 0 Å². The lowest BCUT2D eigenvalue weighted by atomic mass is 10.1. The highest BCUT2D eigenvalue weighted by Crippen LogP contribution is 2.45. The topological polar surface area (TPSA) is 237 Å². The van der Waals surface area contributed by atoms with Crippen LogP contribution in [-0.2, 0) is 65.4 Å². The van der Waals surface area contributed by atoms with Crippen LogP contribution in [0.25, 0.3) is 0 Å². The van der Waals surface area contributed by atoms with E-state index in [0.717, 1.165) is 148 Å². The average Bonchev–Trinajstić information content (AvgIpc) is 0.898. The minimum Gasteiger partial charge on any atom is -0.462 e. The highest BCUT2D eigenvalue weighted by molar-refractivity contribution is 7.47. The first kappa shape index (κ1) is 106. The van der Waals surface area contributed by atoms with Crippen LogP contribution in [0.15, 0.2) is 207 Å². The fourth-order valence-corrected chi connectivity index (χ4v) is 11.9. The third-order valence-electron chi connectivity index (χ3n) is 16.7. The van der Waals surface area contributed by atoms with Gasteiger partial charge in [0.2, 0.25) is 0 Å². The third-order valence-corrected chi connectivity index (χ3v) is 18.6. The normalized spacial score (nSPS) is 14.8. The Morgan fingerprint density at radius 1 is 0.259 bits per heavy atom. The molecule has 0 heterocycles. The summed E-state index contributed by atoms with van der Waals surface area (Å²) >= 11 is 0. The summed E-state index contributed by atoms with van der Waals surface area (Å²) in [5.41, 5.74) is 0. The number of phosphoric acid groups is 2. The first-order valence-corrected chi connectivity index (χ1v) is 45.3. The summed E-state index contributed by atoms with van der Waals surface area (Å²) in [6, 6.07) is 0. The van der Waals surface area contributed by atoms with Crippen LogP contribution >= 0.6 is 15.6 Å². The second-order valence-electron chi connectivity index (χ2n) is 27.3. The fourth-order valence-electron chi connectivity index (χ4n) is 10.4. The van der Waals surface area contributed by atoms with Crippen molar-refractivity contribution in [2.45, 2.75) is 316 Å². The molecule has 0 aliphatic rings. The van der Waals surface area contributed by atoms with Gasteiger partial charge in [0.15, 0.2) is 12.2 Å². The van der Waals surface area contributed by atoms with Crippen molar-refractivity contribution in [3.63, 3.8) is 0 Å². The Balaban J connectivity index is 5.57. The first-order valence-electron chi connectivity index (χ1n) is 42.3. The number of hydrogen-bond donors (Lipinski definition) is 3. The number of carbonyl (C=O) groups is 4. The van der Waals surface area contributed by atoms with Crippen molar-refractivity contribution in [1.29, 1.82) is 0 Å². The quantitative estimate of drug-likeness (QED) is 0.0169. The number of ether oxygens (including phenoxy) is 4. The number of rotatable bonds is 77. The highest BCUT2D eigenvalue weighted by atomic mass is 31.2. The molecule has 112 heavy (non-hydrogen) atoms. The molecule has 17 nitrogen and oxygen atoms in total. The summed E-state index contributed by atoms with van der Waals surface area (Å²) < 4.78 is 68.6. The number of esters is 4. The molecular weight excluding hydrogens is 1450 g/mol. The van der Waals surface area contributed by atoms with Crippen LogP contribution in [0, 0.1) is 0 Å². The summed E-state index contributed by atoms with van der Waals surface area (Å²) in [7, 11) is -10.0. The molecule has 2 unspecified atom stereocenters. The molecule has 0 aliphatic heterocycles. The Kier molecular flexibility index (Phi) is 77.9. The third kappa shape index (κ3) is 81.6. The van der Waals surface area contributed by atoms with Gasteiger partial charge in [-0.1, -0.05) is 305 Å². The minimum absolute atomic E-state index is 0.0249. The van der Waals surface area contributed by atoms with Crippen LogP contribution in [0.5, 0.6) is 0 Å². The Labute approximate surface area is 678 Å². The maximum atomic E-state index is 13.1. The molecule has 0 aromatic heterocycles. The molecule has 0 saturated heterocycles. The molecule has 5 atom stereocenters. The van der Waals surface area contributed by atoms with Crippen molar-refractivity contribution in [2.24, 2.45) is 0 Å². The molecule has 0 aliphatic carbocycles. The van der Waals surface area contributed by atoms with Crippen molar-refractivity contribution >= 4 is 39.5 Å². The molecule has 3 N–H and O–H groups in total. The standard InChI is InChI=1S/C93H148O17P2/c1-5-9-13-17-21-25-29-33-37-40-43-46-50-53-57-61-65-69-73-77-90(95)103-83-88(109-92(97)79-75-71-67-63-59-55-49-36-32-28-24-20-16-12-8-4)85-107-111(99,100)105-81-87(94)82-106-112(101,102)108-86-89(110-93(98)80-76-72-68-64-60-56-52-48-45-42-39-35-31-27-23-19-15-11-7-3)84-104-91(96)78-74-70-66-62-58-54-51-47-44-41-38-34-30-26-22-18-14-10-6-2/h9-10,13-14,21-23,25-27,33-39,43-49,53-54,56-58,60,65,68-69,72,87-89,94H,5-8,11-12,15-20,24,28-32,40-42,50-52,55,59,61-64,66-67,70-71,73-86H2,1-4H3,(H,99,100)(H,101,102)/b13-9-,14-10-,25-21-,26-22-,27-23-,37-33-,38-34-,39-35-,46-43-,47-44-,48-45-,49-36-,57-53-,58-54-,60-56-,69-65-,72-68-/t87-,88-,89-/m1/s1. The molecule has 19 heteroatoms. The molecule has 0 spiro atoms. The van der Waals surface area contributed by atoms with Gasteiger partial charge >= 0.3 is 39.5 Å². The molecule has 0 amide bonds. The van der Waals surface area contributed by atoms with Crippen LogP contribution in [0.2, 0.25) is 0 Å². The van der Waals surface area contributed by atoms with Gasteiger partial charge in [-0.3, -0.25) is 37.3 Å². The lowest BCUT2D eigenvalue weighted by Gasteiger charge is -2.21. The van der Waals surface area contributed by atoms with E-state index in [1.54, 1.807) is 0 Å². The molecule has 0 aromatic rings. The van der Waals surface area contributed by atoms with Gasteiger partial charge in [0.05, 0.1) is 26.4 Å². The van der Waals surface area contributed by atoms with E-state index in [-0.39, 0.29) is 25.7 Å². The summed E-state index contributed by atoms with van der Waals surface area (Å²) in [4.78, 5) is 73.2. The van der Waals surface area contributed by atoms with Gasteiger partial charge in [0.25, 0.3) is 0 Å². The van der Waals surface area contributed by atoms with E-state index in [4.69, 9.17) is 37.0 Å². The van der Waals surface area contributed by atoms with Crippen molar-refractivity contribution < 1.29 is 80.2 Å². The Morgan fingerprint density at radius 3 is 0.821 bits per heavy atom. The Morgan fingerprint density at radius 2 is 0.482 bits per heavy atom. The van der Waals surface area contributed by atoms with Crippen molar-refractivity contribution in [1.82, 2.24) is 0 Å². The number of hydrogen-bond acceptors (Lipinski definition) is 15. The average molecular weight is 1600 g/mol. The zero-order valence-electron chi connectivity index (χ0n) is 69.3. The molecule has 0 bridgehead atoms. The predicted octanol–water partition coefficient (Wildman–Crippen LogP) is 25.4. The van der Waals surface area contributed by atoms with Crippen LogP contribution in [0.3, 0.4) is 0 Å². The van der Waals surface area contributed by atoms with E-state index in [1.807, 2.05) is 36.5 Å². The largest absolute Gasteiger partial charge is 0.472 e.